The predicted molar refractivity (Wildman–Crippen MR) is 80.9 cm³/mol. The van der Waals surface area contributed by atoms with E-state index in [1.54, 1.807) is 14.2 Å². The van der Waals surface area contributed by atoms with Crippen LogP contribution in [-0.4, -0.2) is 40.5 Å². The minimum atomic E-state index is 0.298. The molecule has 7 nitrogen and oxygen atoms in total. The predicted octanol–water partition coefficient (Wildman–Crippen LogP) is 1.29. The Bertz CT molecular complexity index is 575. The summed E-state index contributed by atoms with van der Waals surface area (Å²) < 4.78 is 11.7. The third-order valence-electron chi connectivity index (χ3n) is 2.73. The Morgan fingerprint density at radius 2 is 2.24 bits per heavy atom. The Morgan fingerprint density at radius 3 is 2.95 bits per heavy atom. The van der Waals surface area contributed by atoms with E-state index in [1.165, 1.54) is 4.80 Å². The molecule has 8 heteroatoms. The maximum atomic E-state index is 5.68. The van der Waals surface area contributed by atoms with Crippen LogP contribution in [0.3, 0.4) is 0 Å². The topological polar surface area (TPSA) is 74.1 Å². The summed E-state index contributed by atoms with van der Waals surface area (Å²) in [5, 5.41) is 15.0. The Labute approximate surface area is 131 Å². The Morgan fingerprint density at radius 1 is 1.38 bits per heavy atom. The fraction of sp³-hybridized carbons (Fsp3) is 0.462. The molecule has 0 aliphatic carbocycles. The lowest BCUT2D eigenvalue weighted by molar-refractivity contribution is 0.199. The minimum Gasteiger partial charge on any atom is -0.485 e. The summed E-state index contributed by atoms with van der Waals surface area (Å²) in [5.74, 6) is 1.33. The highest BCUT2D eigenvalue weighted by Gasteiger charge is 2.05. The highest BCUT2D eigenvalue weighted by atomic mass is 79.9. The summed E-state index contributed by atoms with van der Waals surface area (Å²) in [6, 6.07) is 5.85. The lowest BCUT2D eigenvalue weighted by Gasteiger charge is -2.09. The van der Waals surface area contributed by atoms with Crippen LogP contribution in [0.1, 0.15) is 11.4 Å². The van der Waals surface area contributed by atoms with Gasteiger partial charge in [0.15, 0.2) is 6.61 Å². The molecule has 0 amide bonds. The molecule has 0 radical (unpaired) electrons. The van der Waals surface area contributed by atoms with Crippen LogP contribution in [-0.2, 0) is 24.9 Å². The molecule has 1 aromatic carbocycles. The molecule has 0 fully saturated rings. The molecule has 0 aliphatic heterocycles. The third-order valence-corrected chi connectivity index (χ3v) is 3.51. The van der Waals surface area contributed by atoms with Gasteiger partial charge in [0.1, 0.15) is 5.75 Å². The maximum absolute atomic E-state index is 5.68. The van der Waals surface area contributed by atoms with Crippen molar-refractivity contribution in [3.8, 4) is 5.75 Å². The van der Waals surface area contributed by atoms with Gasteiger partial charge in [-0.1, -0.05) is 15.9 Å². The van der Waals surface area contributed by atoms with Crippen LogP contribution in [0.25, 0.3) is 0 Å². The van der Waals surface area contributed by atoms with Gasteiger partial charge in [0.2, 0.25) is 5.82 Å². The molecule has 0 saturated carbocycles. The van der Waals surface area contributed by atoms with E-state index in [9.17, 15) is 0 Å². The number of tetrazole rings is 1. The van der Waals surface area contributed by atoms with E-state index in [0.29, 0.717) is 19.0 Å². The number of halogens is 1. The average molecular weight is 356 g/mol. The number of ether oxygens (including phenoxy) is 2. The smallest absolute Gasteiger partial charge is 0.212 e. The molecular formula is C13H18BrN5O2. The maximum Gasteiger partial charge on any atom is 0.212 e. The number of benzene rings is 1. The Balaban J connectivity index is 1.91. The number of methoxy groups -OCH3 is 1. The van der Waals surface area contributed by atoms with Gasteiger partial charge < -0.3 is 14.8 Å². The molecule has 2 aromatic rings. The minimum absolute atomic E-state index is 0.298. The molecule has 21 heavy (non-hydrogen) atoms. The van der Waals surface area contributed by atoms with Crippen molar-refractivity contribution in [1.82, 2.24) is 25.5 Å². The van der Waals surface area contributed by atoms with E-state index < -0.39 is 0 Å². The van der Waals surface area contributed by atoms with Crippen molar-refractivity contribution in [3.63, 3.8) is 0 Å². The van der Waals surface area contributed by atoms with Gasteiger partial charge in [-0.05, 0) is 29.0 Å². The van der Waals surface area contributed by atoms with Crippen molar-refractivity contribution < 1.29 is 9.47 Å². The quantitative estimate of drug-likeness (QED) is 0.719. The van der Waals surface area contributed by atoms with E-state index >= 15 is 0 Å². The molecule has 0 unspecified atom stereocenters. The van der Waals surface area contributed by atoms with Gasteiger partial charge in [-0.15, -0.1) is 10.2 Å². The van der Waals surface area contributed by atoms with Crippen LogP contribution in [0.5, 0.6) is 5.75 Å². The van der Waals surface area contributed by atoms with E-state index in [-0.39, 0.29) is 0 Å². The summed E-state index contributed by atoms with van der Waals surface area (Å²) in [6.07, 6.45) is 0. The monoisotopic (exact) mass is 355 g/mol. The van der Waals surface area contributed by atoms with Gasteiger partial charge in [-0.2, -0.15) is 4.80 Å². The third kappa shape index (κ3) is 5.07. The second-order valence-corrected chi connectivity index (χ2v) is 5.26. The van der Waals surface area contributed by atoms with Crippen LogP contribution < -0.4 is 10.1 Å². The molecule has 0 saturated heterocycles. The highest BCUT2D eigenvalue weighted by molar-refractivity contribution is 9.10. The number of nitrogens with zero attached hydrogens (tertiary/aromatic N) is 4. The number of hydrogen-bond donors (Lipinski definition) is 1. The molecule has 0 aliphatic rings. The van der Waals surface area contributed by atoms with Gasteiger partial charge in [-0.3, -0.25) is 0 Å². The SMILES string of the molecule is COCCNCc1cc(OCc2nnn(C)n2)ccc1Br. The zero-order valence-electron chi connectivity index (χ0n) is 12.0. The van der Waals surface area contributed by atoms with Crippen molar-refractivity contribution in [3.05, 3.63) is 34.1 Å². The van der Waals surface area contributed by atoms with Gasteiger partial charge >= 0.3 is 0 Å². The van der Waals surface area contributed by atoms with Crippen LogP contribution in [0.15, 0.2) is 22.7 Å². The van der Waals surface area contributed by atoms with E-state index in [4.69, 9.17) is 9.47 Å². The van der Waals surface area contributed by atoms with Gasteiger partial charge in [0, 0.05) is 24.7 Å². The number of rotatable bonds is 8. The number of aryl methyl sites for hydroxylation is 1. The molecule has 2 rings (SSSR count). The first-order chi connectivity index (χ1) is 10.2. The highest BCUT2D eigenvalue weighted by Crippen LogP contribution is 2.23. The fourth-order valence-corrected chi connectivity index (χ4v) is 2.09. The van der Waals surface area contributed by atoms with Gasteiger partial charge in [0.25, 0.3) is 0 Å². The number of hydrogen-bond acceptors (Lipinski definition) is 6. The summed E-state index contributed by atoms with van der Waals surface area (Å²) in [5.41, 5.74) is 1.12. The second kappa shape index (κ2) is 8.06. The molecule has 1 heterocycles. The summed E-state index contributed by atoms with van der Waals surface area (Å²) in [4.78, 5) is 1.41. The van der Waals surface area contributed by atoms with Crippen molar-refractivity contribution in [2.24, 2.45) is 7.05 Å². The van der Waals surface area contributed by atoms with Crippen LogP contribution in [0.4, 0.5) is 0 Å². The van der Waals surface area contributed by atoms with Crippen LogP contribution in [0.2, 0.25) is 0 Å². The first-order valence-corrected chi connectivity index (χ1v) is 7.32. The van der Waals surface area contributed by atoms with Crippen molar-refractivity contribution in [1.29, 1.82) is 0 Å². The molecule has 1 N–H and O–H groups in total. The Kier molecular flexibility index (Phi) is 6.09. The zero-order valence-corrected chi connectivity index (χ0v) is 13.6. The number of nitrogens with one attached hydrogen (secondary N) is 1. The van der Waals surface area contributed by atoms with Crippen LogP contribution >= 0.6 is 15.9 Å². The molecule has 114 valence electrons. The normalized spacial score (nSPS) is 10.8. The fourth-order valence-electron chi connectivity index (χ4n) is 1.70. The van der Waals surface area contributed by atoms with Gasteiger partial charge in [0.05, 0.1) is 13.7 Å². The first kappa shape index (κ1) is 15.9. The van der Waals surface area contributed by atoms with Crippen molar-refractivity contribution in [2.75, 3.05) is 20.3 Å². The number of aromatic nitrogens is 4. The summed E-state index contributed by atoms with van der Waals surface area (Å²) >= 11 is 3.53. The largest absolute Gasteiger partial charge is 0.485 e. The zero-order chi connectivity index (χ0) is 15.1. The van der Waals surface area contributed by atoms with Crippen molar-refractivity contribution >= 4 is 15.9 Å². The van der Waals surface area contributed by atoms with Gasteiger partial charge in [-0.25, -0.2) is 0 Å². The first-order valence-electron chi connectivity index (χ1n) is 6.53. The molecular weight excluding hydrogens is 338 g/mol. The molecule has 1 aromatic heterocycles. The summed E-state index contributed by atoms with van der Waals surface area (Å²) in [6.45, 7) is 2.53. The van der Waals surface area contributed by atoms with Crippen LogP contribution in [0, 0.1) is 0 Å². The van der Waals surface area contributed by atoms with Crippen molar-refractivity contribution in [2.45, 2.75) is 13.2 Å². The average Bonchev–Trinajstić information content (AvgIpc) is 2.89. The lowest BCUT2D eigenvalue weighted by Crippen LogP contribution is -2.18. The standard InChI is InChI=1S/C13H18BrN5O2/c1-19-17-13(16-18-19)9-21-11-3-4-12(14)10(7-11)8-15-5-6-20-2/h3-4,7,15H,5-6,8-9H2,1-2H3. The van der Waals surface area contributed by atoms with E-state index in [0.717, 1.165) is 28.9 Å². The molecule has 0 bridgehead atoms. The molecule has 0 atom stereocenters. The Hall–Kier alpha value is -1.51. The van der Waals surface area contributed by atoms with E-state index in [2.05, 4.69) is 36.7 Å². The van der Waals surface area contributed by atoms with E-state index in [1.807, 2.05) is 18.2 Å². The second-order valence-electron chi connectivity index (χ2n) is 4.41. The molecule has 0 spiro atoms. The summed E-state index contributed by atoms with van der Waals surface area (Å²) in [7, 11) is 3.41. The lowest BCUT2D eigenvalue weighted by atomic mass is 10.2.